The number of nitrogens with zero attached hydrogens (tertiary/aromatic N) is 2. The number of aryl methyl sites for hydroxylation is 1. The molecule has 2 aromatic carbocycles. The van der Waals surface area contributed by atoms with Crippen molar-refractivity contribution in [3.8, 4) is 11.5 Å². The predicted molar refractivity (Wildman–Crippen MR) is 84.3 cm³/mol. The highest BCUT2D eigenvalue weighted by Crippen LogP contribution is 2.21. The number of ketones is 1. The number of rotatable bonds is 5. The Balaban J connectivity index is 1.68. The van der Waals surface area contributed by atoms with Crippen LogP contribution in [0.4, 0.5) is 0 Å². The Morgan fingerprint density at radius 2 is 1.73 bits per heavy atom. The van der Waals surface area contributed by atoms with Gasteiger partial charge in [-0.25, -0.2) is 4.98 Å². The van der Waals surface area contributed by atoms with Crippen LogP contribution in [0.5, 0.6) is 11.5 Å². The normalized spacial score (nSPS) is 10.4. The number of para-hydroxylation sites is 1. The molecule has 0 aliphatic carbocycles. The highest BCUT2D eigenvalue weighted by Gasteiger charge is 2.08. The summed E-state index contributed by atoms with van der Waals surface area (Å²) in [4.78, 5) is 16.4. The maximum absolute atomic E-state index is 12.2. The minimum atomic E-state index is 0.0485. The van der Waals surface area contributed by atoms with Crippen LogP contribution in [0.3, 0.4) is 0 Å². The molecule has 0 fully saturated rings. The number of carbonyl (C=O) groups excluding carboxylic acids is 1. The Hall–Kier alpha value is -2.88. The van der Waals surface area contributed by atoms with Crippen LogP contribution >= 0.6 is 0 Å². The lowest BCUT2D eigenvalue weighted by Crippen LogP contribution is -2.10. The molecule has 4 heteroatoms. The Morgan fingerprint density at radius 1 is 1.05 bits per heavy atom. The number of imidazole rings is 1. The van der Waals surface area contributed by atoms with Gasteiger partial charge in [0.25, 0.3) is 0 Å². The second-order valence-electron chi connectivity index (χ2n) is 4.97. The van der Waals surface area contributed by atoms with E-state index < -0.39 is 0 Å². The molecule has 0 radical (unpaired) electrons. The summed E-state index contributed by atoms with van der Waals surface area (Å²) in [5.74, 6) is 2.36. The highest BCUT2D eigenvalue weighted by molar-refractivity contribution is 5.96. The van der Waals surface area contributed by atoms with E-state index >= 15 is 0 Å². The van der Waals surface area contributed by atoms with Gasteiger partial charge in [-0.1, -0.05) is 18.2 Å². The first-order chi connectivity index (χ1) is 10.7. The largest absolute Gasteiger partial charge is 0.457 e. The summed E-state index contributed by atoms with van der Waals surface area (Å²) in [7, 11) is 0. The smallest absolute Gasteiger partial charge is 0.182 e. The quantitative estimate of drug-likeness (QED) is 0.671. The molecule has 0 saturated heterocycles. The number of ether oxygens (including phenoxy) is 1. The molecule has 0 N–H and O–H groups in total. The van der Waals surface area contributed by atoms with Gasteiger partial charge in [-0.05, 0) is 43.3 Å². The molecule has 110 valence electrons. The van der Waals surface area contributed by atoms with Crippen molar-refractivity contribution in [2.75, 3.05) is 0 Å². The number of hydrogen-bond acceptors (Lipinski definition) is 3. The van der Waals surface area contributed by atoms with Crippen LogP contribution in [0.1, 0.15) is 16.2 Å². The van der Waals surface area contributed by atoms with Gasteiger partial charge in [0.1, 0.15) is 17.3 Å². The van der Waals surface area contributed by atoms with Gasteiger partial charge in [0, 0.05) is 18.0 Å². The van der Waals surface area contributed by atoms with Gasteiger partial charge in [0.15, 0.2) is 5.78 Å². The molecule has 0 aliphatic heterocycles. The van der Waals surface area contributed by atoms with E-state index in [1.807, 2.05) is 41.8 Å². The van der Waals surface area contributed by atoms with Crippen LogP contribution < -0.4 is 4.74 Å². The fourth-order valence-corrected chi connectivity index (χ4v) is 2.15. The number of Topliss-reactive ketones (excluding diaryl/α,β-unsaturated/α-hetero) is 1. The zero-order chi connectivity index (χ0) is 15.4. The summed E-state index contributed by atoms with van der Waals surface area (Å²) in [5, 5.41) is 0. The molecule has 3 aromatic rings. The van der Waals surface area contributed by atoms with Crippen molar-refractivity contribution in [1.29, 1.82) is 0 Å². The third-order valence-corrected chi connectivity index (χ3v) is 3.39. The lowest BCUT2D eigenvalue weighted by Gasteiger charge is -2.07. The molecule has 0 saturated carbocycles. The van der Waals surface area contributed by atoms with E-state index in [1.165, 1.54) is 0 Å². The maximum atomic E-state index is 12.2. The fraction of sp³-hybridized carbons (Fsp3) is 0.111. The zero-order valence-corrected chi connectivity index (χ0v) is 12.3. The van der Waals surface area contributed by atoms with E-state index in [-0.39, 0.29) is 5.78 Å². The third-order valence-electron chi connectivity index (χ3n) is 3.39. The van der Waals surface area contributed by atoms with Gasteiger partial charge in [-0.15, -0.1) is 0 Å². The number of aromatic nitrogens is 2. The molecule has 1 heterocycles. The van der Waals surface area contributed by atoms with Gasteiger partial charge in [0.2, 0.25) is 0 Å². The molecule has 22 heavy (non-hydrogen) atoms. The van der Waals surface area contributed by atoms with Gasteiger partial charge in [-0.2, -0.15) is 0 Å². The van der Waals surface area contributed by atoms with E-state index in [0.717, 1.165) is 11.6 Å². The number of hydrogen-bond donors (Lipinski definition) is 0. The molecular formula is C18H16N2O2. The minimum Gasteiger partial charge on any atom is -0.457 e. The molecule has 0 unspecified atom stereocenters. The Morgan fingerprint density at radius 3 is 2.36 bits per heavy atom. The molecule has 0 amide bonds. The van der Waals surface area contributed by atoms with Crippen molar-refractivity contribution < 1.29 is 9.53 Å². The van der Waals surface area contributed by atoms with E-state index in [1.54, 1.807) is 36.7 Å². The van der Waals surface area contributed by atoms with Crippen molar-refractivity contribution in [1.82, 2.24) is 9.55 Å². The first-order valence-corrected chi connectivity index (χ1v) is 7.06. The van der Waals surface area contributed by atoms with Crippen LogP contribution in [0.25, 0.3) is 0 Å². The topological polar surface area (TPSA) is 44.1 Å². The summed E-state index contributed by atoms with van der Waals surface area (Å²) in [5.41, 5.74) is 0.661. The number of benzene rings is 2. The Kier molecular flexibility index (Phi) is 4.01. The van der Waals surface area contributed by atoms with E-state index in [2.05, 4.69) is 4.98 Å². The van der Waals surface area contributed by atoms with Gasteiger partial charge < -0.3 is 9.30 Å². The molecular weight excluding hydrogens is 276 g/mol. The Bertz CT molecular complexity index is 761. The molecule has 0 atom stereocenters. The molecule has 4 nitrogen and oxygen atoms in total. The van der Waals surface area contributed by atoms with E-state index in [0.29, 0.717) is 17.9 Å². The maximum Gasteiger partial charge on any atom is 0.182 e. The first kappa shape index (κ1) is 14.1. The fourth-order valence-electron chi connectivity index (χ4n) is 2.15. The van der Waals surface area contributed by atoms with Crippen molar-refractivity contribution in [3.05, 3.63) is 78.4 Å². The van der Waals surface area contributed by atoms with Crippen molar-refractivity contribution >= 4 is 5.78 Å². The summed E-state index contributed by atoms with van der Waals surface area (Å²) >= 11 is 0. The number of carbonyl (C=O) groups is 1. The molecule has 0 bridgehead atoms. The average molecular weight is 292 g/mol. The summed E-state index contributed by atoms with van der Waals surface area (Å²) in [6.07, 6.45) is 3.50. The van der Waals surface area contributed by atoms with Crippen LogP contribution in [0.2, 0.25) is 0 Å². The van der Waals surface area contributed by atoms with Crippen molar-refractivity contribution in [3.63, 3.8) is 0 Å². The molecule has 0 aliphatic rings. The van der Waals surface area contributed by atoms with E-state index in [4.69, 9.17) is 4.74 Å². The molecule has 1 aromatic heterocycles. The zero-order valence-electron chi connectivity index (χ0n) is 12.3. The first-order valence-electron chi connectivity index (χ1n) is 7.06. The standard InChI is InChI=1S/C18H16N2O2/c1-14-19-11-12-20(14)13-18(21)15-7-9-17(10-8-15)22-16-5-3-2-4-6-16/h2-12H,13H2,1H3. The van der Waals surface area contributed by atoms with Crippen LogP contribution in [0, 0.1) is 6.92 Å². The van der Waals surface area contributed by atoms with Gasteiger partial charge in [0.05, 0.1) is 6.54 Å². The summed E-state index contributed by atoms with van der Waals surface area (Å²) in [6, 6.07) is 16.7. The van der Waals surface area contributed by atoms with E-state index in [9.17, 15) is 4.79 Å². The third kappa shape index (κ3) is 3.23. The van der Waals surface area contributed by atoms with Crippen molar-refractivity contribution in [2.45, 2.75) is 13.5 Å². The SMILES string of the molecule is Cc1nccn1CC(=O)c1ccc(Oc2ccccc2)cc1. The van der Waals surface area contributed by atoms with Gasteiger partial charge >= 0.3 is 0 Å². The van der Waals surface area contributed by atoms with Crippen LogP contribution in [-0.4, -0.2) is 15.3 Å². The van der Waals surface area contributed by atoms with Gasteiger partial charge in [-0.3, -0.25) is 4.79 Å². The van der Waals surface area contributed by atoms with Crippen molar-refractivity contribution in [2.24, 2.45) is 0 Å². The second kappa shape index (κ2) is 6.26. The lowest BCUT2D eigenvalue weighted by molar-refractivity contribution is 0.0971. The Labute approximate surface area is 129 Å². The summed E-state index contributed by atoms with van der Waals surface area (Å²) < 4.78 is 7.54. The van der Waals surface area contributed by atoms with Crippen LogP contribution in [-0.2, 0) is 6.54 Å². The summed E-state index contributed by atoms with van der Waals surface area (Å²) in [6.45, 7) is 2.18. The molecule has 3 rings (SSSR count). The predicted octanol–water partition coefficient (Wildman–Crippen LogP) is 3.87. The monoisotopic (exact) mass is 292 g/mol. The lowest BCUT2D eigenvalue weighted by atomic mass is 10.1. The second-order valence-corrected chi connectivity index (χ2v) is 4.97. The average Bonchev–Trinajstić information content (AvgIpc) is 2.94. The minimum absolute atomic E-state index is 0.0485. The highest BCUT2D eigenvalue weighted by atomic mass is 16.5. The van der Waals surface area contributed by atoms with Crippen LogP contribution in [0.15, 0.2) is 67.0 Å². The molecule has 0 spiro atoms.